The van der Waals surface area contributed by atoms with Gasteiger partial charge in [-0.05, 0) is 32.1 Å². The molecule has 1 saturated carbocycles. The maximum atomic E-state index is 11.9. The van der Waals surface area contributed by atoms with E-state index in [0.717, 1.165) is 12.8 Å². The molecule has 15 heavy (non-hydrogen) atoms. The summed E-state index contributed by atoms with van der Waals surface area (Å²) < 4.78 is 5.03. The third kappa shape index (κ3) is 1.80. The van der Waals surface area contributed by atoms with Crippen LogP contribution in [0.1, 0.15) is 47.0 Å². The first-order valence-electron chi connectivity index (χ1n) is 5.57. The molecule has 0 aliphatic heterocycles. The van der Waals surface area contributed by atoms with Crippen molar-refractivity contribution in [1.29, 1.82) is 0 Å². The molecule has 0 saturated heterocycles. The predicted octanol–water partition coefficient (Wildman–Crippen LogP) is 2.33. The largest absolute Gasteiger partial charge is 0.465 e. The Morgan fingerprint density at radius 2 is 2.00 bits per heavy atom. The van der Waals surface area contributed by atoms with Crippen molar-refractivity contribution in [3.63, 3.8) is 0 Å². The minimum atomic E-state index is -0.957. The number of carbonyl (C=O) groups excluding carboxylic acids is 2. The van der Waals surface area contributed by atoms with E-state index in [1.165, 1.54) is 0 Å². The molecule has 3 heteroatoms. The molecule has 0 aromatic heterocycles. The van der Waals surface area contributed by atoms with Crippen molar-refractivity contribution in [2.24, 2.45) is 10.8 Å². The van der Waals surface area contributed by atoms with E-state index >= 15 is 0 Å². The standard InChI is InChI=1S/C12H20O3/c1-5-15-10(14)12(4)9(13)7-6-8-11(12,2)3/h5-8H2,1-4H3. The summed E-state index contributed by atoms with van der Waals surface area (Å²) in [4.78, 5) is 23.8. The monoisotopic (exact) mass is 212 g/mol. The van der Waals surface area contributed by atoms with E-state index in [0.29, 0.717) is 13.0 Å². The van der Waals surface area contributed by atoms with Gasteiger partial charge < -0.3 is 4.74 Å². The zero-order valence-corrected chi connectivity index (χ0v) is 10.1. The number of carbonyl (C=O) groups is 2. The molecular weight excluding hydrogens is 192 g/mol. The Morgan fingerprint density at radius 1 is 1.40 bits per heavy atom. The van der Waals surface area contributed by atoms with Crippen LogP contribution in [0.15, 0.2) is 0 Å². The van der Waals surface area contributed by atoms with Gasteiger partial charge in [-0.3, -0.25) is 9.59 Å². The van der Waals surface area contributed by atoms with Crippen molar-refractivity contribution in [3.05, 3.63) is 0 Å². The van der Waals surface area contributed by atoms with Crippen LogP contribution in [0.3, 0.4) is 0 Å². The SMILES string of the molecule is CCOC(=O)C1(C)C(=O)CCCC1(C)C. The van der Waals surface area contributed by atoms with E-state index in [2.05, 4.69) is 0 Å². The minimum Gasteiger partial charge on any atom is -0.465 e. The van der Waals surface area contributed by atoms with Crippen LogP contribution >= 0.6 is 0 Å². The normalized spacial score (nSPS) is 30.0. The first-order valence-corrected chi connectivity index (χ1v) is 5.57. The molecule has 1 aliphatic carbocycles. The molecular formula is C12H20O3. The molecule has 0 spiro atoms. The molecule has 1 fully saturated rings. The molecule has 0 aromatic carbocycles. The van der Waals surface area contributed by atoms with Crippen LogP contribution in [-0.4, -0.2) is 18.4 Å². The number of hydrogen-bond donors (Lipinski definition) is 0. The second-order valence-electron chi connectivity index (χ2n) is 5.01. The van der Waals surface area contributed by atoms with Gasteiger partial charge >= 0.3 is 5.97 Å². The Kier molecular flexibility index (Phi) is 3.22. The van der Waals surface area contributed by atoms with Gasteiger partial charge in [0.1, 0.15) is 11.2 Å². The fourth-order valence-corrected chi connectivity index (χ4v) is 2.23. The van der Waals surface area contributed by atoms with Crippen molar-refractivity contribution in [2.75, 3.05) is 6.61 Å². The van der Waals surface area contributed by atoms with Crippen molar-refractivity contribution < 1.29 is 14.3 Å². The van der Waals surface area contributed by atoms with Gasteiger partial charge in [-0.15, -0.1) is 0 Å². The second kappa shape index (κ2) is 3.95. The summed E-state index contributed by atoms with van der Waals surface area (Å²) in [6.07, 6.45) is 2.27. The van der Waals surface area contributed by atoms with Crippen molar-refractivity contribution >= 4 is 11.8 Å². The highest BCUT2D eigenvalue weighted by molar-refractivity contribution is 6.04. The smallest absolute Gasteiger partial charge is 0.319 e. The fraction of sp³-hybridized carbons (Fsp3) is 0.833. The average Bonchev–Trinajstić information content (AvgIpc) is 2.14. The van der Waals surface area contributed by atoms with Gasteiger partial charge in [-0.25, -0.2) is 0 Å². The highest BCUT2D eigenvalue weighted by atomic mass is 16.5. The van der Waals surface area contributed by atoms with Crippen molar-refractivity contribution in [2.45, 2.75) is 47.0 Å². The summed E-state index contributed by atoms with van der Waals surface area (Å²) in [5.74, 6) is -0.336. The molecule has 0 amide bonds. The van der Waals surface area contributed by atoms with E-state index in [4.69, 9.17) is 4.74 Å². The molecule has 0 bridgehead atoms. The molecule has 1 atom stereocenters. The van der Waals surface area contributed by atoms with Gasteiger partial charge in [0.15, 0.2) is 0 Å². The van der Waals surface area contributed by atoms with Gasteiger partial charge in [0.25, 0.3) is 0 Å². The van der Waals surface area contributed by atoms with E-state index in [1.807, 2.05) is 13.8 Å². The lowest BCUT2D eigenvalue weighted by Crippen LogP contribution is -2.51. The number of ether oxygens (including phenoxy) is 1. The summed E-state index contributed by atoms with van der Waals surface area (Å²) >= 11 is 0. The zero-order chi connectivity index (χ0) is 11.7. The Morgan fingerprint density at radius 3 is 2.47 bits per heavy atom. The molecule has 1 aliphatic rings. The average molecular weight is 212 g/mol. The molecule has 1 rings (SSSR count). The van der Waals surface area contributed by atoms with Crippen LogP contribution in [0.4, 0.5) is 0 Å². The van der Waals surface area contributed by atoms with E-state index in [-0.39, 0.29) is 17.2 Å². The number of Topliss-reactive ketones (excluding diaryl/α,β-unsaturated/α-hetero) is 1. The molecule has 3 nitrogen and oxygen atoms in total. The zero-order valence-electron chi connectivity index (χ0n) is 10.1. The van der Waals surface area contributed by atoms with Crippen molar-refractivity contribution in [1.82, 2.24) is 0 Å². The fourth-order valence-electron chi connectivity index (χ4n) is 2.23. The van der Waals surface area contributed by atoms with Crippen LogP contribution in [-0.2, 0) is 14.3 Å². The topological polar surface area (TPSA) is 43.4 Å². The van der Waals surface area contributed by atoms with Crippen LogP contribution < -0.4 is 0 Å². The lowest BCUT2D eigenvalue weighted by Gasteiger charge is -2.44. The summed E-state index contributed by atoms with van der Waals surface area (Å²) in [5, 5.41) is 0. The van der Waals surface area contributed by atoms with Crippen LogP contribution in [0.2, 0.25) is 0 Å². The number of rotatable bonds is 2. The molecule has 0 N–H and O–H groups in total. The van der Waals surface area contributed by atoms with Gasteiger partial charge in [0.05, 0.1) is 6.61 Å². The minimum absolute atomic E-state index is 0.0252. The highest BCUT2D eigenvalue weighted by Gasteiger charge is 2.55. The summed E-state index contributed by atoms with van der Waals surface area (Å²) in [5.41, 5.74) is -1.25. The van der Waals surface area contributed by atoms with Gasteiger partial charge in [0, 0.05) is 6.42 Å². The van der Waals surface area contributed by atoms with Gasteiger partial charge in [0.2, 0.25) is 0 Å². The Balaban J connectivity index is 3.03. The quantitative estimate of drug-likeness (QED) is 0.521. The molecule has 86 valence electrons. The van der Waals surface area contributed by atoms with Crippen LogP contribution in [0, 0.1) is 10.8 Å². The lowest BCUT2D eigenvalue weighted by molar-refractivity contribution is -0.170. The van der Waals surface area contributed by atoms with Crippen LogP contribution in [0.25, 0.3) is 0 Å². The Bertz CT molecular complexity index is 281. The maximum absolute atomic E-state index is 11.9. The Labute approximate surface area is 91.2 Å². The Hall–Kier alpha value is -0.860. The number of hydrogen-bond acceptors (Lipinski definition) is 3. The summed E-state index contributed by atoms with van der Waals surface area (Å²) in [6, 6.07) is 0. The lowest BCUT2D eigenvalue weighted by atomic mass is 9.58. The third-order valence-electron chi connectivity index (χ3n) is 3.80. The van der Waals surface area contributed by atoms with E-state index in [9.17, 15) is 9.59 Å². The van der Waals surface area contributed by atoms with Gasteiger partial charge in [-0.1, -0.05) is 13.8 Å². The summed E-state index contributed by atoms with van der Waals surface area (Å²) in [7, 11) is 0. The summed E-state index contributed by atoms with van der Waals surface area (Å²) in [6.45, 7) is 7.77. The third-order valence-corrected chi connectivity index (χ3v) is 3.80. The van der Waals surface area contributed by atoms with Crippen molar-refractivity contribution in [3.8, 4) is 0 Å². The molecule has 1 unspecified atom stereocenters. The molecule has 0 aromatic rings. The number of esters is 1. The molecule has 0 heterocycles. The second-order valence-corrected chi connectivity index (χ2v) is 5.01. The van der Waals surface area contributed by atoms with E-state index < -0.39 is 5.41 Å². The molecule has 0 radical (unpaired) electrons. The van der Waals surface area contributed by atoms with Crippen LogP contribution in [0.5, 0.6) is 0 Å². The number of ketones is 1. The highest BCUT2D eigenvalue weighted by Crippen LogP contribution is 2.48. The predicted molar refractivity (Wildman–Crippen MR) is 57.4 cm³/mol. The van der Waals surface area contributed by atoms with Gasteiger partial charge in [-0.2, -0.15) is 0 Å². The first kappa shape index (κ1) is 12.2. The first-order chi connectivity index (χ1) is 6.86. The van der Waals surface area contributed by atoms with E-state index in [1.54, 1.807) is 13.8 Å². The maximum Gasteiger partial charge on any atom is 0.319 e.